The van der Waals surface area contributed by atoms with Gasteiger partial charge in [-0.05, 0) is 32.0 Å². The van der Waals surface area contributed by atoms with E-state index in [1.807, 2.05) is 7.05 Å². The Morgan fingerprint density at radius 3 is 2.86 bits per heavy atom. The van der Waals surface area contributed by atoms with Crippen molar-refractivity contribution in [3.05, 3.63) is 33.3 Å². The Bertz CT molecular complexity index is 650. The SMILES string of the molecule is CNCC1CCN(S(=O)(=O)c2cc([N+](=O)[O-])ccc2Cl)C1. The molecule has 116 valence electrons. The second kappa shape index (κ2) is 6.27. The van der Waals surface area contributed by atoms with Gasteiger partial charge in [0.25, 0.3) is 5.69 Å². The molecule has 1 fully saturated rings. The molecule has 0 radical (unpaired) electrons. The van der Waals surface area contributed by atoms with E-state index in [2.05, 4.69) is 5.32 Å². The molecule has 1 unspecified atom stereocenters. The van der Waals surface area contributed by atoms with Crippen molar-refractivity contribution in [2.75, 3.05) is 26.7 Å². The quantitative estimate of drug-likeness (QED) is 0.650. The van der Waals surface area contributed by atoms with Crippen LogP contribution < -0.4 is 5.32 Å². The van der Waals surface area contributed by atoms with Gasteiger partial charge in [0.2, 0.25) is 10.0 Å². The van der Waals surface area contributed by atoms with Crippen molar-refractivity contribution in [2.24, 2.45) is 5.92 Å². The molecule has 1 aliphatic rings. The Hall–Kier alpha value is -1.22. The number of hydrogen-bond donors (Lipinski definition) is 1. The van der Waals surface area contributed by atoms with Gasteiger partial charge in [0, 0.05) is 25.2 Å². The van der Waals surface area contributed by atoms with Gasteiger partial charge < -0.3 is 5.32 Å². The number of halogens is 1. The maximum absolute atomic E-state index is 12.6. The highest BCUT2D eigenvalue weighted by atomic mass is 35.5. The summed E-state index contributed by atoms with van der Waals surface area (Å²) in [7, 11) is -1.99. The largest absolute Gasteiger partial charge is 0.319 e. The van der Waals surface area contributed by atoms with Crippen LogP contribution in [0.2, 0.25) is 5.02 Å². The Balaban J connectivity index is 2.32. The van der Waals surface area contributed by atoms with Crippen molar-refractivity contribution in [2.45, 2.75) is 11.3 Å². The van der Waals surface area contributed by atoms with Gasteiger partial charge in [-0.25, -0.2) is 8.42 Å². The third-order valence-electron chi connectivity index (χ3n) is 3.48. The maximum Gasteiger partial charge on any atom is 0.270 e. The van der Waals surface area contributed by atoms with E-state index in [1.165, 1.54) is 16.4 Å². The lowest BCUT2D eigenvalue weighted by Gasteiger charge is -2.17. The molecule has 1 aromatic carbocycles. The van der Waals surface area contributed by atoms with Crippen molar-refractivity contribution in [3.8, 4) is 0 Å². The predicted molar refractivity (Wildman–Crippen MR) is 78.9 cm³/mol. The fourth-order valence-electron chi connectivity index (χ4n) is 2.41. The van der Waals surface area contributed by atoms with E-state index < -0.39 is 14.9 Å². The molecule has 0 aliphatic carbocycles. The first-order chi connectivity index (χ1) is 9.86. The van der Waals surface area contributed by atoms with Crippen LogP contribution in [-0.4, -0.2) is 44.3 Å². The number of non-ortho nitro benzene ring substituents is 1. The zero-order chi connectivity index (χ0) is 15.6. The van der Waals surface area contributed by atoms with Gasteiger partial charge in [0.1, 0.15) is 4.90 Å². The van der Waals surface area contributed by atoms with Crippen LogP contribution >= 0.6 is 11.6 Å². The van der Waals surface area contributed by atoms with Gasteiger partial charge in [0.15, 0.2) is 0 Å². The van der Waals surface area contributed by atoms with Gasteiger partial charge in [-0.3, -0.25) is 10.1 Å². The van der Waals surface area contributed by atoms with Crippen LogP contribution in [-0.2, 0) is 10.0 Å². The smallest absolute Gasteiger partial charge is 0.270 e. The number of hydrogen-bond acceptors (Lipinski definition) is 5. The second-order valence-electron chi connectivity index (χ2n) is 4.95. The summed E-state index contributed by atoms with van der Waals surface area (Å²) in [6, 6.07) is 3.45. The minimum Gasteiger partial charge on any atom is -0.319 e. The van der Waals surface area contributed by atoms with Gasteiger partial charge in [0.05, 0.1) is 9.95 Å². The van der Waals surface area contributed by atoms with Crippen LogP contribution in [0.5, 0.6) is 0 Å². The van der Waals surface area contributed by atoms with E-state index in [4.69, 9.17) is 11.6 Å². The van der Waals surface area contributed by atoms with E-state index in [-0.39, 0.29) is 21.5 Å². The first-order valence-corrected chi connectivity index (χ1v) is 8.26. The topological polar surface area (TPSA) is 92.6 Å². The van der Waals surface area contributed by atoms with Gasteiger partial charge in [-0.15, -0.1) is 0 Å². The lowest BCUT2D eigenvalue weighted by atomic mass is 10.1. The minimum atomic E-state index is -3.81. The summed E-state index contributed by atoms with van der Waals surface area (Å²) in [6.45, 7) is 1.52. The van der Waals surface area contributed by atoms with Crippen molar-refractivity contribution >= 4 is 27.3 Å². The number of nitrogens with zero attached hydrogens (tertiary/aromatic N) is 2. The van der Waals surface area contributed by atoms with Crippen molar-refractivity contribution in [1.82, 2.24) is 9.62 Å². The van der Waals surface area contributed by atoms with E-state index in [9.17, 15) is 18.5 Å². The summed E-state index contributed by atoms with van der Waals surface area (Å²) in [5.41, 5.74) is -0.288. The van der Waals surface area contributed by atoms with Gasteiger partial charge in [-0.1, -0.05) is 11.6 Å². The Morgan fingerprint density at radius 2 is 2.24 bits per heavy atom. The highest BCUT2D eigenvalue weighted by Gasteiger charge is 2.34. The van der Waals surface area contributed by atoms with Crippen molar-refractivity contribution in [3.63, 3.8) is 0 Å². The molecule has 1 heterocycles. The summed E-state index contributed by atoms with van der Waals surface area (Å²) >= 11 is 5.92. The van der Waals surface area contributed by atoms with Crippen molar-refractivity contribution < 1.29 is 13.3 Å². The molecule has 0 saturated carbocycles. The molecule has 1 atom stereocenters. The van der Waals surface area contributed by atoms with Crippen LogP contribution in [0.4, 0.5) is 5.69 Å². The first kappa shape index (κ1) is 16.2. The number of nitro groups is 1. The lowest BCUT2D eigenvalue weighted by molar-refractivity contribution is -0.385. The second-order valence-corrected chi connectivity index (χ2v) is 7.26. The Labute approximate surface area is 128 Å². The minimum absolute atomic E-state index is 0.00216. The highest BCUT2D eigenvalue weighted by Crippen LogP contribution is 2.31. The fourth-order valence-corrected chi connectivity index (χ4v) is 4.44. The average molecular weight is 334 g/mol. The van der Waals surface area contributed by atoms with Gasteiger partial charge >= 0.3 is 0 Å². The Kier molecular flexibility index (Phi) is 4.82. The summed E-state index contributed by atoms with van der Waals surface area (Å²) < 4.78 is 26.5. The van der Waals surface area contributed by atoms with Gasteiger partial charge in [-0.2, -0.15) is 4.31 Å². The number of nitrogens with one attached hydrogen (secondary N) is 1. The Morgan fingerprint density at radius 1 is 1.52 bits per heavy atom. The van der Waals surface area contributed by atoms with Crippen LogP contribution in [0, 0.1) is 16.0 Å². The molecule has 9 heteroatoms. The molecule has 0 spiro atoms. The molecular weight excluding hydrogens is 318 g/mol. The summed E-state index contributed by atoms with van der Waals surface area (Å²) in [5, 5.41) is 13.8. The fraction of sp³-hybridized carbons (Fsp3) is 0.500. The van der Waals surface area contributed by atoms with Crippen molar-refractivity contribution in [1.29, 1.82) is 0 Å². The lowest BCUT2D eigenvalue weighted by Crippen LogP contribution is -2.30. The summed E-state index contributed by atoms with van der Waals surface area (Å²) in [6.07, 6.45) is 0.757. The molecular formula is C12H16ClN3O4S. The number of nitro benzene ring substituents is 1. The summed E-state index contributed by atoms with van der Waals surface area (Å²) in [5.74, 6) is 0.238. The molecule has 1 N–H and O–H groups in total. The number of rotatable bonds is 5. The third-order valence-corrected chi connectivity index (χ3v) is 5.83. The number of sulfonamides is 1. The predicted octanol–water partition coefficient (Wildman–Crippen LogP) is 1.48. The molecule has 1 saturated heterocycles. The van der Waals surface area contributed by atoms with Crippen LogP contribution in [0.15, 0.2) is 23.1 Å². The maximum atomic E-state index is 12.6. The monoisotopic (exact) mass is 333 g/mol. The average Bonchev–Trinajstić information content (AvgIpc) is 2.88. The van der Waals surface area contributed by atoms with Crippen LogP contribution in [0.1, 0.15) is 6.42 Å². The van der Waals surface area contributed by atoms with E-state index in [0.717, 1.165) is 19.0 Å². The molecule has 21 heavy (non-hydrogen) atoms. The standard InChI is InChI=1S/C12H16ClN3O4S/c1-14-7-9-4-5-15(8-9)21(19,20)12-6-10(16(17)18)2-3-11(12)13/h2-3,6,9,14H,4-5,7-8H2,1H3. The first-order valence-electron chi connectivity index (χ1n) is 6.45. The molecule has 0 bridgehead atoms. The molecule has 7 nitrogen and oxygen atoms in total. The molecule has 1 aliphatic heterocycles. The normalized spacial score (nSPS) is 19.8. The van der Waals surface area contributed by atoms with Crippen LogP contribution in [0.25, 0.3) is 0 Å². The third kappa shape index (κ3) is 3.34. The number of benzene rings is 1. The highest BCUT2D eigenvalue weighted by molar-refractivity contribution is 7.89. The zero-order valence-corrected chi connectivity index (χ0v) is 13.0. The molecule has 0 amide bonds. The summed E-state index contributed by atoms with van der Waals surface area (Å²) in [4.78, 5) is 9.95. The van der Waals surface area contributed by atoms with E-state index in [1.54, 1.807) is 0 Å². The van der Waals surface area contributed by atoms with E-state index >= 15 is 0 Å². The van der Waals surface area contributed by atoms with E-state index in [0.29, 0.717) is 13.1 Å². The van der Waals surface area contributed by atoms with Crippen LogP contribution in [0.3, 0.4) is 0 Å². The molecule has 1 aromatic rings. The molecule has 2 rings (SSSR count). The zero-order valence-electron chi connectivity index (χ0n) is 11.5. The molecule has 0 aromatic heterocycles.